The number of nitrogens with zero attached hydrogens (tertiary/aromatic N) is 1. The van der Waals surface area contributed by atoms with Crippen molar-refractivity contribution in [2.75, 3.05) is 0 Å². The number of benzene rings is 2. The van der Waals surface area contributed by atoms with Crippen LogP contribution in [0.25, 0.3) is 22.0 Å². The molecule has 0 spiro atoms. The minimum atomic E-state index is -0.839. The Bertz CT molecular complexity index is 723. The van der Waals surface area contributed by atoms with E-state index in [0.29, 0.717) is 5.56 Å². The summed E-state index contributed by atoms with van der Waals surface area (Å²) in [5, 5.41) is 0.970. The molecule has 0 aliphatic carbocycles. The molecule has 0 N–H and O–H groups in total. The van der Waals surface area contributed by atoms with Gasteiger partial charge in [0.15, 0.2) is 11.6 Å². The van der Waals surface area contributed by atoms with Crippen LogP contribution >= 0.6 is 0 Å². The zero-order chi connectivity index (χ0) is 12.5. The minimum Gasteiger partial charge on any atom is -0.256 e. The summed E-state index contributed by atoms with van der Waals surface area (Å²) in [6.07, 6.45) is 1.67. The third-order valence-electron chi connectivity index (χ3n) is 2.87. The monoisotopic (exact) mass is 241 g/mol. The van der Waals surface area contributed by atoms with Gasteiger partial charge in [-0.25, -0.2) is 8.78 Å². The summed E-state index contributed by atoms with van der Waals surface area (Å²) in [6.45, 7) is 0. The fraction of sp³-hybridized carbons (Fsp3) is 0. The molecule has 0 amide bonds. The average Bonchev–Trinajstić information content (AvgIpc) is 2.41. The summed E-state index contributed by atoms with van der Waals surface area (Å²) >= 11 is 0. The molecule has 2 aromatic carbocycles. The molecule has 3 heteroatoms. The highest BCUT2D eigenvalue weighted by Gasteiger charge is 2.09. The molecule has 88 valence electrons. The number of pyridine rings is 1. The van der Waals surface area contributed by atoms with Gasteiger partial charge in [0.25, 0.3) is 0 Å². The van der Waals surface area contributed by atoms with Gasteiger partial charge in [0.2, 0.25) is 0 Å². The fourth-order valence-corrected chi connectivity index (χ4v) is 1.96. The van der Waals surface area contributed by atoms with Crippen LogP contribution in [0.3, 0.4) is 0 Å². The molecular formula is C15H9F2N. The topological polar surface area (TPSA) is 12.9 Å². The summed E-state index contributed by atoms with van der Waals surface area (Å²) in [5.41, 5.74) is 1.64. The number of aromatic nitrogens is 1. The van der Waals surface area contributed by atoms with Crippen molar-refractivity contribution in [2.45, 2.75) is 0 Å². The van der Waals surface area contributed by atoms with E-state index in [9.17, 15) is 8.78 Å². The second-order valence-corrected chi connectivity index (χ2v) is 4.01. The minimum absolute atomic E-state index is 0.252. The lowest BCUT2D eigenvalue weighted by atomic mass is 10.0. The van der Waals surface area contributed by atoms with E-state index >= 15 is 0 Å². The van der Waals surface area contributed by atoms with Crippen LogP contribution < -0.4 is 0 Å². The predicted molar refractivity (Wildman–Crippen MR) is 67.1 cm³/mol. The molecule has 3 aromatic rings. The molecule has 0 bridgehead atoms. The molecule has 1 heterocycles. The Hall–Kier alpha value is -2.29. The van der Waals surface area contributed by atoms with Crippen molar-refractivity contribution in [3.8, 4) is 11.1 Å². The van der Waals surface area contributed by atoms with E-state index in [2.05, 4.69) is 4.98 Å². The van der Waals surface area contributed by atoms with Gasteiger partial charge in [-0.2, -0.15) is 0 Å². The van der Waals surface area contributed by atoms with Crippen molar-refractivity contribution in [1.82, 2.24) is 4.98 Å². The van der Waals surface area contributed by atoms with Crippen LogP contribution in [-0.2, 0) is 0 Å². The lowest BCUT2D eigenvalue weighted by Gasteiger charge is -2.05. The van der Waals surface area contributed by atoms with Crippen molar-refractivity contribution >= 4 is 10.9 Å². The van der Waals surface area contributed by atoms with E-state index < -0.39 is 11.6 Å². The molecular weight excluding hydrogens is 232 g/mol. The smallest absolute Gasteiger partial charge is 0.166 e. The first kappa shape index (κ1) is 10.8. The predicted octanol–water partition coefficient (Wildman–Crippen LogP) is 4.18. The third kappa shape index (κ3) is 1.74. The van der Waals surface area contributed by atoms with Gasteiger partial charge < -0.3 is 0 Å². The second-order valence-electron chi connectivity index (χ2n) is 4.01. The van der Waals surface area contributed by atoms with Gasteiger partial charge in [0.1, 0.15) is 0 Å². The molecule has 1 aromatic heterocycles. The molecule has 0 radical (unpaired) electrons. The van der Waals surface area contributed by atoms with E-state index in [1.807, 2.05) is 18.2 Å². The Morgan fingerprint density at radius 2 is 1.78 bits per heavy atom. The van der Waals surface area contributed by atoms with Gasteiger partial charge in [-0.05, 0) is 23.8 Å². The summed E-state index contributed by atoms with van der Waals surface area (Å²) in [4.78, 5) is 4.20. The quantitative estimate of drug-likeness (QED) is 0.622. The van der Waals surface area contributed by atoms with Gasteiger partial charge in [-0.15, -0.1) is 0 Å². The molecule has 0 unspecified atom stereocenters. The standard InChI is InChI=1S/C15H9F2N/c16-13-5-1-4-12(15(13)17)11-7-6-10-3-2-8-18-14(10)9-11/h1-9H. The van der Waals surface area contributed by atoms with Crippen LogP contribution in [0.15, 0.2) is 54.7 Å². The van der Waals surface area contributed by atoms with E-state index in [1.54, 1.807) is 24.4 Å². The van der Waals surface area contributed by atoms with Crippen LogP contribution in [0.5, 0.6) is 0 Å². The first-order valence-electron chi connectivity index (χ1n) is 5.55. The summed E-state index contributed by atoms with van der Waals surface area (Å²) < 4.78 is 26.9. The molecule has 1 nitrogen and oxygen atoms in total. The zero-order valence-electron chi connectivity index (χ0n) is 9.40. The highest BCUT2D eigenvalue weighted by atomic mass is 19.2. The van der Waals surface area contributed by atoms with Crippen LogP contribution in [0.1, 0.15) is 0 Å². The summed E-state index contributed by atoms with van der Waals surface area (Å²) in [7, 11) is 0. The Balaban J connectivity index is 2.22. The average molecular weight is 241 g/mol. The molecule has 0 aliphatic heterocycles. The second kappa shape index (κ2) is 4.18. The van der Waals surface area contributed by atoms with Crippen molar-refractivity contribution < 1.29 is 8.78 Å². The van der Waals surface area contributed by atoms with Crippen molar-refractivity contribution in [3.05, 3.63) is 66.4 Å². The van der Waals surface area contributed by atoms with Crippen molar-refractivity contribution in [3.63, 3.8) is 0 Å². The van der Waals surface area contributed by atoms with Crippen LogP contribution in [0.4, 0.5) is 8.78 Å². The number of halogens is 2. The molecule has 0 atom stereocenters. The van der Waals surface area contributed by atoms with Gasteiger partial charge in [-0.1, -0.05) is 30.3 Å². The van der Waals surface area contributed by atoms with Gasteiger partial charge in [0.05, 0.1) is 5.52 Å². The number of rotatable bonds is 1. The number of fused-ring (bicyclic) bond motifs is 1. The van der Waals surface area contributed by atoms with Crippen LogP contribution in [-0.4, -0.2) is 4.98 Å². The Morgan fingerprint density at radius 3 is 2.67 bits per heavy atom. The number of hydrogen-bond acceptors (Lipinski definition) is 1. The Kier molecular flexibility index (Phi) is 2.52. The fourth-order valence-electron chi connectivity index (χ4n) is 1.96. The zero-order valence-corrected chi connectivity index (χ0v) is 9.40. The maximum atomic E-state index is 13.7. The van der Waals surface area contributed by atoms with Crippen LogP contribution in [0.2, 0.25) is 0 Å². The first-order valence-corrected chi connectivity index (χ1v) is 5.55. The highest BCUT2D eigenvalue weighted by Crippen LogP contribution is 2.26. The largest absolute Gasteiger partial charge is 0.256 e. The van der Waals surface area contributed by atoms with Gasteiger partial charge in [0, 0.05) is 17.1 Å². The van der Waals surface area contributed by atoms with Crippen LogP contribution in [0, 0.1) is 11.6 Å². The van der Waals surface area contributed by atoms with E-state index in [0.717, 1.165) is 17.0 Å². The van der Waals surface area contributed by atoms with Gasteiger partial charge in [-0.3, -0.25) is 4.98 Å². The summed E-state index contributed by atoms with van der Waals surface area (Å²) in [5.74, 6) is -1.67. The maximum absolute atomic E-state index is 13.7. The van der Waals surface area contributed by atoms with E-state index in [4.69, 9.17) is 0 Å². The lowest BCUT2D eigenvalue weighted by molar-refractivity contribution is 0.511. The molecule has 18 heavy (non-hydrogen) atoms. The Labute approximate surface area is 103 Å². The van der Waals surface area contributed by atoms with Crippen molar-refractivity contribution in [1.29, 1.82) is 0 Å². The van der Waals surface area contributed by atoms with Gasteiger partial charge >= 0.3 is 0 Å². The number of hydrogen-bond donors (Lipinski definition) is 0. The lowest BCUT2D eigenvalue weighted by Crippen LogP contribution is -1.89. The summed E-state index contributed by atoms with van der Waals surface area (Å²) in [6, 6.07) is 13.3. The Morgan fingerprint density at radius 1 is 0.889 bits per heavy atom. The van der Waals surface area contributed by atoms with E-state index in [-0.39, 0.29) is 5.56 Å². The first-order chi connectivity index (χ1) is 8.75. The van der Waals surface area contributed by atoms with E-state index in [1.165, 1.54) is 6.07 Å². The maximum Gasteiger partial charge on any atom is 0.166 e. The SMILES string of the molecule is Fc1cccc(-c2ccc3cccnc3c2)c1F. The molecule has 0 saturated carbocycles. The highest BCUT2D eigenvalue weighted by molar-refractivity contribution is 5.84. The molecule has 0 fully saturated rings. The molecule has 0 saturated heterocycles. The van der Waals surface area contributed by atoms with Crippen molar-refractivity contribution in [2.24, 2.45) is 0 Å². The normalized spacial score (nSPS) is 10.8. The third-order valence-corrected chi connectivity index (χ3v) is 2.87. The molecule has 3 rings (SSSR count). The molecule has 0 aliphatic rings.